The van der Waals surface area contributed by atoms with Crippen molar-refractivity contribution in [1.29, 1.82) is 0 Å². The Balaban J connectivity index is 1.13. The summed E-state index contributed by atoms with van der Waals surface area (Å²) in [7, 11) is -1.82. The average Bonchev–Trinajstić information content (AvgIpc) is 3.60. The van der Waals surface area contributed by atoms with Gasteiger partial charge in [-0.05, 0) is 67.4 Å². The fraction of sp³-hybridized carbons (Fsp3) is 0.355. The summed E-state index contributed by atoms with van der Waals surface area (Å²) in [4.78, 5) is 21.2. The van der Waals surface area contributed by atoms with E-state index in [1.54, 1.807) is 6.20 Å². The first-order valence-electron chi connectivity index (χ1n) is 15.0. The van der Waals surface area contributed by atoms with Gasteiger partial charge < -0.3 is 19.9 Å². The summed E-state index contributed by atoms with van der Waals surface area (Å²) in [6.45, 7) is 5.77. The van der Waals surface area contributed by atoms with E-state index in [1.807, 2.05) is 25.1 Å². The highest BCUT2D eigenvalue weighted by atomic mass is 32.2. The number of phenols is 1. The number of aryl methyl sites for hydroxylation is 1. The van der Waals surface area contributed by atoms with Gasteiger partial charge in [0.15, 0.2) is 22.4 Å². The summed E-state index contributed by atoms with van der Waals surface area (Å²) in [5.41, 5.74) is 5.18. The maximum absolute atomic E-state index is 14.2. The first-order chi connectivity index (χ1) is 21.7. The van der Waals surface area contributed by atoms with Crippen LogP contribution in [-0.2, 0) is 29.4 Å². The molecule has 7 rings (SSSR count). The molecule has 45 heavy (non-hydrogen) atoms. The average molecular weight is 632 g/mol. The summed E-state index contributed by atoms with van der Waals surface area (Å²) in [6.07, 6.45) is 4.99. The first kappa shape index (κ1) is 29.3. The number of aromatic amines is 2. The maximum atomic E-state index is 14.2. The molecule has 14 heteroatoms. The lowest BCUT2D eigenvalue weighted by molar-refractivity contribution is 0.360. The third-order valence-corrected chi connectivity index (χ3v) is 10.4. The highest BCUT2D eigenvalue weighted by Crippen LogP contribution is 2.34. The van der Waals surface area contributed by atoms with Crippen LogP contribution in [0.25, 0.3) is 33.5 Å². The molecule has 0 saturated carbocycles. The molecule has 0 aliphatic carbocycles. The molecular formula is C31H34FN9O3S. The van der Waals surface area contributed by atoms with E-state index in [-0.39, 0.29) is 23.9 Å². The quantitative estimate of drug-likeness (QED) is 0.255. The van der Waals surface area contributed by atoms with Crippen LogP contribution >= 0.6 is 0 Å². The van der Waals surface area contributed by atoms with E-state index in [0.29, 0.717) is 41.4 Å². The van der Waals surface area contributed by atoms with E-state index < -0.39 is 15.8 Å². The molecule has 3 aromatic heterocycles. The van der Waals surface area contributed by atoms with Crippen LogP contribution in [0.1, 0.15) is 30.3 Å². The minimum Gasteiger partial charge on any atom is -0.505 e. The Hall–Kier alpha value is -4.40. The van der Waals surface area contributed by atoms with Crippen molar-refractivity contribution in [1.82, 2.24) is 39.3 Å². The molecule has 0 atom stereocenters. The van der Waals surface area contributed by atoms with E-state index in [2.05, 4.69) is 42.0 Å². The monoisotopic (exact) mass is 631 g/mol. The van der Waals surface area contributed by atoms with E-state index >= 15 is 0 Å². The fourth-order valence-electron chi connectivity index (χ4n) is 6.14. The number of H-pyrrole nitrogens is 2. The number of phenolic OH excluding ortho intramolecular Hbond substituents is 1. The topological polar surface area (TPSA) is 147 Å². The molecule has 0 unspecified atom stereocenters. The number of hydrogen-bond donors (Lipinski definition) is 3. The minimum atomic E-state index is -3.90. The second kappa shape index (κ2) is 11.5. The predicted octanol–water partition coefficient (Wildman–Crippen LogP) is 3.71. The zero-order valence-corrected chi connectivity index (χ0v) is 25.9. The van der Waals surface area contributed by atoms with E-state index in [4.69, 9.17) is 4.98 Å². The Kier molecular flexibility index (Phi) is 7.50. The van der Waals surface area contributed by atoms with Gasteiger partial charge in [0.05, 0.1) is 35.8 Å². The highest BCUT2D eigenvalue weighted by molar-refractivity contribution is 7.89. The molecule has 0 amide bonds. The molecule has 3 N–H and O–H groups in total. The van der Waals surface area contributed by atoms with E-state index in [9.17, 15) is 17.9 Å². The van der Waals surface area contributed by atoms with Gasteiger partial charge in [-0.3, -0.25) is 10.1 Å². The lowest BCUT2D eigenvalue weighted by Crippen LogP contribution is -2.37. The normalized spacial score (nSPS) is 16.6. The van der Waals surface area contributed by atoms with Crippen LogP contribution in [0.2, 0.25) is 0 Å². The van der Waals surface area contributed by atoms with Crippen LogP contribution in [0.15, 0.2) is 47.8 Å². The van der Waals surface area contributed by atoms with E-state index in [1.165, 1.54) is 22.6 Å². The van der Waals surface area contributed by atoms with Gasteiger partial charge in [-0.2, -0.15) is 9.40 Å². The lowest BCUT2D eigenvalue weighted by Gasteiger charge is -2.26. The van der Waals surface area contributed by atoms with Crippen LogP contribution in [0, 0.1) is 5.82 Å². The SMILES string of the molecule is CCc1cc(O)c(F)cc1-c1ccc2c(-c3nc4c([nH]3)CN(S(=O)(=O)c3cncc(N5CCCN(C)CC5)n3)CC4)n[nH]c2c1. The van der Waals surface area contributed by atoms with Crippen LogP contribution in [0.4, 0.5) is 10.2 Å². The predicted molar refractivity (Wildman–Crippen MR) is 168 cm³/mol. The second-order valence-electron chi connectivity index (χ2n) is 11.6. The Morgan fingerprint density at radius 1 is 1.04 bits per heavy atom. The van der Waals surface area contributed by atoms with Gasteiger partial charge in [0.1, 0.15) is 11.5 Å². The van der Waals surface area contributed by atoms with Gasteiger partial charge in [-0.25, -0.2) is 22.8 Å². The second-order valence-corrected chi connectivity index (χ2v) is 13.5. The maximum Gasteiger partial charge on any atom is 0.262 e. The molecule has 2 aliphatic heterocycles. The third-order valence-electron chi connectivity index (χ3n) is 8.70. The number of nitrogens with one attached hydrogen (secondary N) is 2. The number of aromatic nitrogens is 6. The Labute approximate surface area is 260 Å². The summed E-state index contributed by atoms with van der Waals surface area (Å²) < 4.78 is 43.0. The van der Waals surface area contributed by atoms with Crippen LogP contribution in [0.3, 0.4) is 0 Å². The minimum absolute atomic E-state index is 0.0605. The number of rotatable bonds is 6. The van der Waals surface area contributed by atoms with Crippen LogP contribution < -0.4 is 4.90 Å². The molecular weight excluding hydrogens is 597 g/mol. The molecule has 234 valence electrons. The third kappa shape index (κ3) is 5.42. The lowest BCUT2D eigenvalue weighted by atomic mass is 9.96. The number of sulfonamides is 1. The molecule has 2 aromatic carbocycles. The smallest absolute Gasteiger partial charge is 0.262 e. The largest absolute Gasteiger partial charge is 0.505 e. The Morgan fingerprint density at radius 2 is 1.91 bits per heavy atom. The zero-order chi connectivity index (χ0) is 31.3. The van der Waals surface area contributed by atoms with Crippen LogP contribution in [-0.4, -0.2) is 92.6 Å². The van der Waals surface area contributed by atoms with Crippen molar-refractivity contribution in [2.45, 2.75) is 37.8 Å². The molecule has 1 fully saturated rings. The van der Waals surface area contributed by atoms with Crippen molar-refractivity contribution < 1.29 is 17.9 Å². The van der Waals surface area contributed by atoms with Gasteiger partial charge in [-0.15, -0.1) is 0 Å². The summed E-state index contributed by atoms with van der Waals surface area (Å²) in [5, 5.41) is 18.1. The number of hydrogen-bond acceptors (Lipinski definition) is 9. The summed E-state index contributed by atoms with van der Waals surface area (Å²) in [6, 6.07) is 8.50. The molecule has 0 bridgehead atoms. The molecule has 0 spiro atoms. The highest BCUT2D eigenvalue weighted by Gasteiger charge is 2.32. The van der Waals surface area contributed by atoms with Gasteiger partial charge >= 0.3 is 0 Å². The molecule has 12 nitrogen and oxygen atoms in total. The van der Waals surface area contributed by atoms with Crippen molar-refractivity contribution in [2.24, 2.45) is 0 Å². The van der Waals surface area contributed by atoms with Crippen molar-refractivity contribution in [3.63, 3.8) is 0 Å². The van der Waals surface area contributed by atoms with Gasteiger partial charge in [0, 0.05) is 38.0 Å². The van der Waals surface area contributed by atoms with Crippen molar-refractivity contribution in [2.75, 3.05) is 44.7 Å². The number of aromatic hydroxyl groups is 1. The summed E-state index contributed by atoms with van der Waals surface area (Å²) >= 11 is 0. The van der Waals surface area contributed by atoms with Crippen molar-refractivity contribution in [3.8, 4) is 28.4 Å². The number of nitrogens with zero attached hydrogens (tertiary/aromatic N) is 7. The molecule has 5 aromatic rings. The van der Waals surface area contributed by atoms with Gasteiger partial charge in [-0.1, -0.05) is 13.0 Å². The van der Waals surface area contributed by atoms with Gasteiger partial charge in [0.25, 0.3) is 10.0 Å². The zero-order valence-electron chi connectivity index (χ0n) is 25.1. The van der Waals surface area contributed by atoms with Crippen molar-refractivity contribution in [3.05, 3.63) is 65.5 Å². The fourth-order valence-corrected chi connectivity index (χ4v) is 7.44. The Morgan fingerprint density at radius 3 is 2.76 bits per heavy atom. The number of benzene rings is 2. The first-order valence-corrected chi connectivity index (χ1v) is 16.5. The summed E-state index contributed by atoms with van der Waals surface area (Å²) in [5.74, 6) is 0.0742. The molecule has 5 heterocycles. The number of halogens is 1. The molecule has 2 aliphatic rings. The number of imidazole rings is 1. The Bertz CT molecular complexity index is 2010. The number of fused-ring (bicyclic) bond motifs is 2. The number of anilines is 1. The van der Waals surface area contributed by atoms with E-state index in [0.717, 1.165) is 60.3 Å². The number of likely N-dealkylation sites (N-methyl/N-ethyl adjacent to an activating group) is 1. The standard InChI is InChI=1S/C31H34FN9O3S/c1-3-19-14-27(42)23(32)15-22(19)20-5-6-21-25(13-20)37-38-30(21)31-34-24-7-10-41(18-26(24)35-31)45(43,44)29-17-33-16-28(36-29)40-9-4-8-39(2)11-12-40/h5-6,13-17,42H,3-4,7-12,18H2,1-2H3,(H,34,35)(H,37,38). The van der Waals surface area contributed by atoms with Crippen LogP contribution in [0.5, 0.6) is 5.75 Å². The van der Waals surface area contributed by atoms with Crippen molar-refractivity contribution >= 4 is 26.7 Å². The molecule has 0 radical (unpaired) electrons. The van der Waals surface area contributed by atoms with Gasteiger partial charge in [0.2, 0.25) is 0 Å². The molecule has 1 saturated heterocycles.